The van der Waals surface area contributed by atoms with Crippen LogP contribution in [0, 0.1) is 24.1 Å². The average Bonchev–Trinajstić information content (AvgIpc) is 2.09. The van der Waals surface area contributed by atoms with E-state index in [2.05, 4.69) is 0 Å². The number of ether oxygens (including phenoxy) is 1. The fourth-order valence-corrected chi connectivity index (χ4v) is 0.936. The third kappa shape index (κ3) is 1.37. The second-order valence-corrected chi connectivity index (χ2v) is 2.42. The Bertz CT molecular complexity index is 341. The summed E-state index contributed by atoms with van der Waals surface area (Å²) in [5, 5.41) is 8.52. The minimum Gasteiger partial charge on any atom is -0.497 e. The molecule has 0 radical (unpaired) electrons. The van der Waals surface area contributed by atoms with Crippen LogP contribution in [0.25, 0.3) is 0 Å². The molecule has 0 aliphatic carbocycles. The standard InChI is InChI=1S/C9H8FNO/c1-6-3-8(12-2)4-7(5-11)9(6)10/h3-4H,1-2H3. The van der Waals surface area contributed by atoms with Crippen molar-refractivity contribution in [2.24, 2.45) is 0 Å². The number of nitrogens with zero attached hydrogens (tertiary/aromatic N) is 1. The number of benzene rings is 1. The Morgan fingerprint density at radius 3 is 2.67 bits per heavy atom. The van der Waals surface area contributed by atoms with Crippen LogP contribution < -0.4 is 4.74 Å². The molecule has 62 valence electrons. The van der Waals surface area contributed by atoms with Gasteiger partial charge in [0.25, 0.3) is 0 Å². The van der Waals surface area contributed by atoms with Crippen LogP contribution in [0.3, 0.4) is 0 Å². The van der Waals surface area contributed by atoms with Gasteiger partial charge >= 0.3 is 0 Å². The first-order valence-electron chi connectivity index (χ1n) is 3.43. The molecule has 0 bridgehead atoms. The molecule has 0 N–H and O–H groups in total. The lowest BCUT2D eigenvalue weighted by atomic mass is 10.1. The summed E-state index contributed by atoms with van der Waals surface area (Å²) in [4.78, 5) is 0. The quantitative estimate of drug-likeness (QED) is 0.637. The molecule has 0 aliphatic heterocycles. The summed E-state index contributed by atoms with van der Waals surface area (Å²) in [7, 11) is 1.48. The molecule has 0 saturated carbocycles. The highest BCUT2D eigenvalue weighted by molar-refractivity contribution is 5.41. The molecule has 0 atom stereocenters. The van der Waals surface area contributed by atoms with E-state index in [1.165, 1.54) is 13.2 Å². The molecule has 1 aromatic carbocycles. The van der Waals surface area contributed by atoms with Crippen LogP contribution in [-0.4, -0.2) is 7.11 Å². The maximum atomic E-state index is 13.0. The number of rotatable bonds is 1. The first kappa shape index (κ1) is 8.54. The van der Waals surface area contributed by atoms with E-state index in [4.69, 9.17) is 10.00 Å². The minimum atomic E-state index is -0.474. The van der Waals surface area contributed by atoms with E-state index in [-0.39, 0.29) is 5.56 Å². The number of halogens is 1. The Balaban J connectivity index is 3.31. The van der Waals surface area contributed by atoms with E-state index in [1.807, 2.05) is 0 Å². The van der Waals surface area contributed by atoms with Gasteiger partial charge in [-0.2, -0.15) is 5.26 Å². The lowest BCUT2D eigenvalue weighted by molar-refractivity contribution is 0.413. The average molecular weight is 165 g/mol. The first-order chi connectivity index (χ1) is 5.69. The minimum absolute atomic E-state index is 0.0202. The fourth-order valence-electron chi connectivity index (χ4n) is 0.936. The molecule has 0 aliphatic rings. The van der Waals surface area contributed by atoms with Gasteiger partial charge in [0.1, 0.15) is 17.6 Å². The van der Waals surface area contributed by atoms with E-state index in [0.29, 0.717) is 11.3 Å². The normalized spacial score (nSPS) is 9.17. The van der Waals surface area contributed by atoms with Crippen LogP contribution in [0.1, 0.15) is 11.1 Å². The molecule has 0 fully saturated rings. The highest BCUT2D eigenvalue weighted by atomic mass is 19.1. The molecular formula is C9H8FNO. The van der Waals surface area contributed by atoms with Crippen molar-refractivity contribution >= 4 is 0 Å². The summed E-state index contributed by atoms with van der Waals surface area (Å²) in [5.41, 5.74) is 0.442. The van der Waals surface area contributed by atoms with Crippen molar-refractivity contribution in [1.29, 1.82) is 5.26 Å². The van der Waals surface area contributed by atoms with Crippen molar-refractivity contribution in [3.63, 3.8) is 0 Å². The molecule has 0 unspecified atom stereocenters. The van der Waals surface area contributed by atoms with Crippen molar-refractivity contribution in [2.45, 2.75) is 6.92 Å². The van der Waals surface area contributed by atoms with Crippen LogP contribution in [0.15, 0.2) is 12.1 Å². The van der Waals surface area contributed by atoms with E-state index >= 15 is 0 Å². The van der Waals surface area contributed by atoms with Crippen molar-refractivity contribution in [3.05, 3.63) is 29.1 Å². The Kier molecular flexibility index (Phi) is 2.29. The summed E-state index contributed by atoms with van der Waals surface area (Å²) in [6, 6.07) is 4.68. The van der Waals surface area contributed by atoms with Gasteiger partial charge in [-0.05, 0) is 18.6 Å². The monoisotopic (exact) mass is 165 g/mol. The lowest BCUT2D eigenvalue weighted by Gasteiger charge is -2.03. The van der Waals surface area contributed by atoms with Gasteiger partial charge in [0, 0.05) is 6.07 Å². The zero-order valence-corrected chi connectivity index (χ0v) is 6.89. The van der Waals surface area contributed by atoms with Gasteiger partial charge < -0.3 is 4.74 Å². The first-order valence-corrected chi connectivity index (χ1v) is 3.43. The van der Waals surface area contributed by atoms with Crippen molar-refractivity contribution < 1.29 is 9.13 Å². The third-order valence-electron chi connectivity index (χ3n) is 1.58. The molecule has 3 heteroatoms. The molecular weight excluding hydrogens is 157 g/mol. The Morgan fingerprint density at radius 2 is 2.17 bits per heavy atom. The molecule has 0 aromatic heterocycles. The van der Waals surface area contributed by atoms with Gasteiger partial charge in [-0.1, -0.05) is 0 Å². The molecule has 0 heterocycles. The van der Waals surface area contributed by atoms with Crippen LogP contribution >= 0.6 is 0 Å². The predicted octanol–water partition coefficient (Wildman–Crippen LogP) is 2.01. The predicted molar refractivity (Wildman–Crippen MR) is 42.4 cm³/mol. The lowest BCUT2D eigenvalue weighted by Crippen LogP contribution is -1.91. The van der Waals surface area contributed by atoms with Crippen LogP contribution in [0.2, 0.25) is 0 Å². The highest BCUT2D eigenvalue weighted by Gasteiger charge is 2.06. The van der Waals surface area contributed by atoms with Gasteiger partial charge in [0.05, 0.1) is 12.7 Å². The molecule has 1 rings (SSSR count). The summed E-state index contributed by atoms with van der Waals surface area (Å²) >= 11 is 0. The zero-order chi connectivity index (χ0) is 9.14. The summed E-state index contributed by atoms with van der Waals surface area (Å²) in [6.45, 7) is 1.60. The number of nitriles is 1. The van der Waals surface area contributed by atoms with Gasteiger partial charge in [-0.25, -0.2) is 4.39 Å². The topological polar surface area (TPSA) is 33.0 Å². The van der Waals surface area contributed by atoms with Gasteiger partial charge in [-0.3, -0.25) is 0 Å². The maximum Gasteiger partial charge on any atom is 0.144 e. The number of hydrogen-bond acceptors (Lipinski definition) is 2. The molecule has 12 heavy (non-hydrogen) atoms. The zero-order valence-electron chi connectivity index (χ0n) is 6.89. The highest BCUT2D eigenvalue weighted by Crippen LogP contribution is 2.19. The van der Waals surface area contributed by atoms with Crippen molar-refractivity contribution in [3.8, 4) is 11.8 Å². The number of hydrogen-bond donors (Lipinski definition) is 0. The largest absolute Gasteiger partial charge is 0.497 e. The van der Waals surface area contributed by atoms with Gasteiger partial charge in [0.15, 0.2) is 0 Å². The van der Waals surface area contributed by atoms with Crippen molar-refractivity contribution in [2.75, 3.05) is 7.11 Å². The van der Waals surface area contributed by atoms with Gasteiger partial charge in [-0.15, -0.1) is 0 Å². The molecule has 1 aromatic rings. The second kappa shape index (κ2) is 3.22. The van der Waals surface area contributed by atoms with E-state index in [0.717, 1.165) is 0 Å². The third-order valence-corrected chi connectivity index (χ3v) is 1.58. The van der Waals surface area contributed by atoms with E-state index < -0.39 is 5.82 Å². The van der Waals surface area contributed by atoms with E-state index in [1.54, 1.807) is 19.1 Å². The Morgan fingerprint density at radius 1 is 1.50 bits per heavy atom. The van der Waals surface area contributed by atoms with E-state index in [9.17, 15) is 4.39 Å². The SMILES string of the molecule is COc1cc(C)c(F)c(C#N)c1. The smallest absolute Gasteiger partial charge is 0.144 e. The Labute approximate surface area is 70.2 Å². The molecule has 0 saturated heterocycles. The fraction of sp³-hybridized carbons (Fsp3) is 0.222. The van der Waals surface area contributed by atoms with Gasteiger partial charge in [0.2, 0.25) is 0 Å². The maximum absolute atomic E-state index is 13.0. The summed E-state index contributed by atoms with van der Waals surface area (Å²) in [6.07, 6.45) is 0. The molecule has 0 spiro atoms. The molecule has 2 nitrogen and oxygen atoms in total. The molecule has 0 amide bonds. The van der Waals surface area contributed by atoms with Crippen LogP contribution in [0.4, 0.5) is 4.39 Å². The Hall–Kier alpha value is -1.56. The van der Waals surface area contributed by atoms with Crippen LogP contribution in [0.5, 0.6) is 5.75 Å². The number of aryl methyl sites for hydroxylation is 1. The number of methoxy groups -OCH3 is 1. The second-order valence-electron chi connectivity index (χ2n) is 2.42. The van der Waals surface area contributed by atoms with Crippen molar-refractivity contribution in [1.82, 2.24) is 0 Å². The summed E-state index contributed by atoms with van der Waals surface area (Å²) in [5.74, 6) is 0.0313. The summed E-state index contributed by atoms with van der Waals surface area (Å²) < 4.78 is 17.9. The van der Waals surface area contributed by atoms with Crippen LogP contribution in [-0.2, 0) is 0 Å².